The zero-order valence-electron chi connectivity index (χ0n) is 9.75. The van der Waals surface area contributed by atoms with Crippen LogP contribution >= 0.6 is 0 Å². The van der Waals surface area contributed by atoms with Crippen molar-refractivity contribution in [3.8, 4) is 0 Å². The highest BCUT2D eigenvalue weighted by molar-refractivity contribution is 5.92. The fraction of sp³-hybridized carbons (Fsp3) is 0.909. The van der Waals surface area contributed by atoms with Crippen LogP contribution in [0.5, 0.6) is 0 Å². The van der Waals surface area contributed by atoms with Crippen LogP contribution in [0.1, 0.15) is 33.1 Å². The minimum absolute atomic E-state index is 0.153. The van der Waals surface area contributed by atoms with Crippen molar-refractivity contribution in [2.75, 3.05) is 13.7 Å². The number of ether oxygens (including phenoxy) is 1. The van der Waals surface area contributed by atoms with Crippen LogP contribution in [0.2, 0.25) is 0 Å². The van der Waals surface area contributed by atoms with Crippen LogP contribution in [-0.2, 0) is 9.53 Å². The van der Waals surface area contributed by atoms with Crippen LogP contribution in [-0.4, -0.2) is 42.3 Å². The number of rotatable bonds is 4. The molecule has 2 aliphatic rings. The number of hydrogen-bond acceptors (Lipinski definition) is 3. The normalized spacial score (nSPS) is 29.9. The molecule has 1 saturated carbocycles. The largest absolute Gasteiger partial charge is 0.383 e. The molecule has 4 heteroatoms. The summed E-state index contributed by atoms with van der Waals surface area (Å²) in [6.07, 6.45) is 3.09. The van der Waals surface area contributed by atoms with E-state index >= 15 is 0 Å². The van der Waals surface area contributed by atoms with Crippen LogP contribution < -0.4 is 5.32 Å². The number of methoxy groups -OCH3 is 1. The summed E-state index contributed by atoms with van der Waals surface area (Å²) in [5.74, 6) is 0.277. The van der Waals surface area contributed by atoms with Gasteiger partial charge in [0.15, 0.2) is 0 Å². The van der Waals surface area contributed by atoms with Crippen LogP contribution in [0.25, 0.3) is 0 Å². The van der Waals surface area contributed by atoms with Crippen LogP contribution in [0.4, 0.5) is 0 Å². The number of nitrogens with zero attached hydrogens (tertiary/aromatic N) is 1. The molecule has 0 aromatic rings. The summed E-state index contributed by atoms with van der Waals surface area (Å²) in [6.45, 7) is 4.79. The van der Waals surface area contributed by atoms with Gasteiger partial charge in [0, 0.05) is 7.11 Å². The lowest BCUT2D eigenvalue weighted by molar-refractivity contribution is -0.134. The van der Waals surface area contributed by atoms with E-state index in [0.717, 1.165) is 19.3 Å². The molecule has 1 saturated heterocycles. The van der Waals surface area contributed by atoms with Gasteiger partial charge in [0.1, 0.15) is 0 Å². The topological polar surface area (TPSA) is 41.6 Å². The molecule has 0 bridgehead atoms. The van der Waals surface area contributed by atoms with E-state index in [1.165, 1.54) is 0 Å². The van der Waals surface area contributed by atoms with E-state index in [0.29, 0.717) is 6.61 Å². The Morgan fingerprint density at radius 3 is 2.73 bits per heavy atom. The van der Waals surface area contributed by atoms with Gasteiger partial charge in [-0.25, -0.2) is 0 Å². The predicted molar refractivity (Wildman–Crippen MR) is 57.4 cm³/mol. The summed E-state index contributed by atoms with van der Waals surface area (Å²) in [4.78, 5) is 14.2. The second-order valence-corrected chi connectivity index (χ2v) is 4.63. The Balaban J connectivity index is 2.10. The Bertz CT molecular complexity index is 263. The molecule has 0 aromatic carbocycles. The molecule has 0 aromatic heterocycles. The van der Waals surface area contributed by atoms with Gasteiger partial charge < -0.3 is 9.64 Å². The average Bonchev–Trinajstić information content (AvgIpc) is 2.92. The first kappa shape index (κ1) is 10.9. The third-order valence-electron chi connectivity index (χ3n) is 3.52. The molecule has 1 aliphatic heterocycles. The van der Waals surface area contributed by atoms with Crippen molar-refractivity contribution < 1.29 is 9.53 Å². The van der Waals surface area contributed by atoms with Crippen molar-refractivity contribution >= 4 is 5.91 Å². The summed E-state index contributed by atoms with van der Waals surface area (Å²) in [6, 6.07) is 0.213. The maximum atomic E-state index is 12.2. The fourth-order valence-electron chi connectivity index (χ4n) is 2.51. The summed E-state index contributed by atoms with van der Waals surface area (Å²) in [5.41, 5.74) is -0.194. The number of carbonyl (C=O) groups excluding carboxylic acids is 1. The number of amides is 1. The highest BCUT2D eigenvalue weighted by atomic mass is 16.5. The first-order chi connectivity index (χ1) is 7.14. The van der Waals surface area contributed by atoms with Crippen molar-refractivity contribution in [1.82, 2.24) is 10.2 Å². The van der Waals surface area contributed by atoms with Crippen LogP contribution in [0.3, 0.4) is 0 Å². The molecule has 2 rings (SSSR count). The maximum absolute atomic E-state index is 12.2. The van der Waals surface area contributed by atoms with Gasteiger partial charge in [-0.3, -0.25) is 10.1 Å². The maximum Gasteiger partial charge on any atom is 0.244 e. The molecule has 86 valence electrons. The van der Waals surface area contributed by atoms with E-state index in [9.17, 15) is 4.79 Å². The Labute approximate surface area is 91.0 Å². The third-order valence-corrected chi connectivity index (χ3v) is 3.52. The van der Waals surface area contributed by atoms with Crippen molar-refractivity contribution in [1.29, 1.82) is 0 Å². The molecule has 15 heavy (non-hydrogen) atoms. The predicted octanol–water partition coefficient (Wildman–Crippen LogP) is 0.722. The Kier molecular flexibility index (Phi) is 2.73. The van der Waals surface area contributed by atoms with E-state index < -0.39 is 0 Å². The zero-order chi connectivity index (χ0) is 11.1. The molecule has 1 spiro atoms. The van der Waals surface area contributed by atoms with Crippen molar-refractivity contribution in [2.45, 2.75) is 50.9 Å². The molecule has 0 radical (unpaired) electrons. The number of carbonyl (C=O) groups is 1. The molecule has 4 nitrogen and oxygen atoms in total. The number of hydrogen-bond donors (Lipinski definition) is 1. The van der Waals surface area contributed by atoms with Gasteiger partial charge in [-0.1, -0.05) is 6.92 Å². The van der Waals surface area contributed by atoms with Gasteiger partial charge in [-0.15, -0.1) is 0 Å². The molecule has 1 heterocycles. The molecule has 1 N–H and O–H groups in total. The lowest BCUT2D eigenvalue weighted by Crippen LogP contribution is -2.45. The fourth-order valence-corrected chi connectivity index (χ4v) is 2.51. The SMILES string of the molecule is CCC(COC)N1C(=O)C2(CC2)NC1C. The Morgan fingerprint density at radius 2 is 2.33 bits per heavy atom. The number of nitrogens with one attached hydrogen (secondary N) is 1. The molecule has 1 aliphatic carbocycles. The summed E-state index contributed by atoms with van der Waals surface area (Å²) in [7, 11) is 1.69. The van der Waals surface area contributed by atoms with Crippen molar-refractivity contribution in [3.63, 3.8) is 0 Å². The summed E-state index contributed by atoms with van der Waals surface area (Å²) >= 11 is 0. The minimum Gasteiger partial charge on any atom is -0.383 e. The van der Waals surface area contributed by atoms with Crippen molar-refractivity contribution in [3.05, 3.63) is 0 Å². The molecule has 1 amide bonds. The second kappa shape index (κ2) is 3.76. The molecule has 2 atom stereocenters. The van der Waals surface area contributed by atoms with Crippen LogP contribution in [0, 0.1) is 0 Å². The first-order valence-electron chi connectivity index (χ1n) is 5.74. The monoisotopic (exact) mass is 212 g/mol. The quantitative estimate of drug-likeness (QED) is 0.746. The van der Waals surface area contributed by atoms with Gasteiger partial charge in [-0.2, -0.15) is 0 Å². The highest BCUT2D eigenvalue weighted by Crippen LogP contribution is 2.42. The van der Waals surface area contributed by atoms with Gasteiger partial charge in [0.05, 0.1) is 24.4 Å². The lowest BCUT2D eigenvalue weighted by atomic mass is 10.2. The summed E-state index contributed by atoms with van der Waals surface area (Å²) < 4.78 is 5.17. The van der Waals surface area contributed by atoms with E-state index in [2.05, 4.69) is 19.2 Å². The standard InChI is InChI=1S/C11H20N2O2/c1-4-9(7-15-3)13-8(2)12-11(5-6-11)10(13)14/h8-9,12H,4-7H2,1-3H3. The van der Waals surface area contributed by atoms with E-state index in [4.69, 9.17) is 4.74 Å². The Morgan fingerprint density at radius 1 is 1.67 bits per heavy atom. The van der Waals surface area contributed by atoms with Gasteiger partial charge in [0.2, 0.25) is 5.91 Å². The molecular weight excluding hydrogens is 192 g/mol. The van der Waals surface area contributed by atoms with Crippen molar-refractivity contribution in [2.24, 2.45) is 0 Å². The van der Waals surface area contributed by atoms with E-state index in [1.54, 1.807) is 7.11 Å². The highest BCUT2D eigenvalue weighted by Gasteiger charge is 2.59. The van der Waals surface area contributed by atoms with Crippen LogP contribution in [0.15, 0.2) is 0 Å². The molecular formula is C11H20N2O2. The van der Waals surface area contributed by atoms with Gasteiger partial charge in [-0.05, 0) is 26.2 Å². The first-order valence-corrected chi connectivity index (χ1v) is 5.74. The van der Waals surface area contributed by atoms with E-state index in [1.807, 2.05) is 4.90 Å². The third kappa shape index (κ3) is 1.66. The zero-order valence-corrected chi connectivity index (χ0v) is 9.75. The van der Waals surface area contributed by atoms with E-state index in [-0.39, 0.29) is 23.7 Å². The molecule has 2 unspecified atom stereocenters. The minimum atomic E-state index is -0.194. The summed E-state index contributed by atoms with van der Waals surface area (Å²) in [5, 5.41) is 3.40. The van der Waals surface area contributed by atoms with Gasteiger partial charge in [0.25, 0.3) is 0 Å². The lowest BCUT2D eigenvalue weighted by Gasteiger charge is -2.29. The smallest absolute Gasteiger partial charge is 0.244 e. The Hall–Kier alpha value is -0.610. The molecule has 2 fully saturated rings. The second-order valence-electron chi connectivity index (χ2n) is 4.63. The van der Waals surface area contributed by atoms with Gasteiger partial charge >= 0.3 is 0 Å². The average molecular weight is 212 g/mol.